The maximum Gasteiger partial charge on any atom is 0.253 e. The Morgan fingerprint density at radius 3 is 2.61 bits per heavy atom. The number of likely N-dealkylation sites (tertiary alicyclic amines) is 1. The molecule has 0 radical (unpaired) electrons. The van der Waals surface area contributed by atoms with E-state index in [0.717, 1.165) is 50.3 Å². The first-order valence-corrected chi connectivity index (χ1v) is 10.1. The molecule has 28 heavy (non-hydrogen) atoms. The van der Waals surface area contributed by atoms with Crippen LogP contribution in [0.4, 0.5) is 0 Å². The Labute approximate surface area is 166 Å². The van der Waals surface area contributed by atoms with Crippen molar-refractivity contribution in [2.75, 3.05) is 40.0 Å². The van der Waals surface area contributed by atoms with Crippen LogP contribution in [0.3, 0.4) is 0 Å². The number of hydrogen-bond acceptors (Lipinski definition) is 4. The van der Waals surface area contributed by atoms with Crippen molar-refractivity contribution < 1.29 is 14.3 Å². The number of amides is 1. The van der Waals surface area contributed by atoms with Crippen molar-refractivity contribution in [3.8, 4) is 5.75 Å². The summed E-state index contributed by atoms with van der Waals surface area (Å²) in [6.07, 6.45) is 2.15. The van der Waals surface area contributed by atoms with E-state index >= 15 is 0 Å². The van der Waals surface area contributed by atoms with Crippen molar-refractivity contribution >= 4 is 5.91 Å². The topological polar surface area (TPSA) is 42.0 Å². The summed E-state index contributed by atoms with van der Waals surface area (Å²) in [4.78, 5) is 17.4. The summed E-state index contributed by atoms with van der Waals surface area (Å²) < 4.78 is 10.6. The van der Waals surface area contributed by atoms with Crippen molar-refractivity contribution in [3.05, 3.63) is 65.2 Å². The highest BCUT2D eigenvalue weighted by Gasteiger charge is 2.32. The fourth-order valence-electron chi connectivity index (χ4n) is 4.17. The average molecular weight is 380 g/mol. The molecule has 0 spiro atoms. The second-order valence-electron chi connectivity index (χ2n) is 7.55. The molecule has 5 nitrogen and oxygen atoms in total. The van der Waals surface area contributed by atoms with E-state index in [1.807, 2.05) is 29.2 Å². The van der Waals surface area contributed by atoms with Gasteiger partial charge in [0.25, 0.3) is 5.91 Å². The molecule has 0 saturated carbocycles. The highest BCUT2D eigenvalue weighted by atomic mass is 16.5. The fraction of sp³-hybridized carbons (Fsp3) is 0.435. The minimum absolute atomic E-state index is 0.114. The number of methoxy groups -OCH3 is 1. The van der Waals surface area contributed by atoms with Gasteiger partial charge in [-0.3, -0.25) is 9.69 Å². The molecule has 2 heterocycles. The van der Waals surface area contributed by atoms with Crippen LogP contribution in [0.1, 0.15) is 27.9 Å². The first-order chi connectivity index (χ1) is 13.7. The average Bonchev–Trinajstić information content (AvgIpc) is 3.24. The molecule has 0 bridgehead atoms. The molecule has 5 heteroatoms. The van der Waals surface area contributed by atoms with E-state index in [1.54, 1.807) is 7.11 Å². The van der Waals surface area contributed by atoms with Crippen LogP contribution in [0.2, 0.25) is 0 Å². The van der Waals surface area contributed by atoms with Gasteiger partial charge in [0.1, 0.15) is 12.4 Å². The van der Waals surface area contributed by atoms with E-state index in [9.17, 15) is 4.79 Å². The molecule has 1 fully saturated rings. The molecule has 2 aromatic rings. The first kappa shape index (κ1) is 19.0. The maximum atomic E-state index is 12.9. The lowest BCUT2D eigenvalue weighted by molar-refractivity contribution is 0.0773. The van der Waals surface area contributed by atoms with Gasteiger partial charge in [0.15, 0.2) is 0 Å². The zero-order chi connectivity index (χ0) is 19.3. The quantitative estimate of drug-likeness (QED) is 0.723. The monoisotopic (exact) mass is 380 g/mol. The number of fused-ring (bicyclic) bond motifs is 1. The van der Waals surface area contributed by atoms with E-state index in [0.29, 0.717) is 19.3 Å². The number of benzene rings is 2. The summed E-state index contributed by atoms with van der Waals surface area (Å²) in [5.41, 5.74) is 3.63. The minimum atomic E-state index is 0.114. The Morgan fingerprint density at radius 2 is 1.82 bits per heavy atom. The maximum absolute atomic E-state index is 12.9. The normalized spacial score (nSPS) is 19.5. The first-order valence-electron chi connectivity index (χ1n) is 10.1. The van der Waals surface area contributed by atoms with Crippen LogP contribution in [0.5, 0.6) is 5.75 Å². The lowest BCUT2D eigenvalue weighted by Gasteiger charge is -2.33. The summed E-state index contributed by atoms with van der Waals surface area (Å²) in [5, 5.41) is 0. The molecule has 1 atom stereocenters. The van der Waals surface area contributed by atoms with Gasteiger partial charge in [-0.2, -0.15) is 0 Å². The lowest BCUT2D eigenvalue weighted by Crippen LogP contribution is -2.41. The number of carbonyl (C=O) groups is 1. The van der Waals surface area contributed by atoms with Crippen LogP contribution in [0.15, 0.2) is 48.5 Å². The lowest BCUT2D eigenvalue weighted by atomic mass is 9.98. The number of hydrogen-bond donors (Lipinski definition) is 0. The van der Waals surface area contributed by atoms with Crippen LogP contribution in [-0.4, -0.2) is 61.7 Å². The summed E-state index contributed by atoms with van der Waals surface area (Å²) >= 11 is 0. The van der Waals surface area contributed by atoms with E-state index in [4.69, 9.17) is 9.47 Å². The van der Waals surface area contributed by atoms with Crippen LogP contribution < -0.4 is 4.74 Å². The smallest absolute Gasteiger partial charge is 0.253 e. The van der Waals surface area contributed by atoms with Crippen LogP contribution in [-0.2, 0) is 17.7 Å². The largest absolute Gasteiger partial charge is 0.491 e. The molecule has 2 aromatic carbocycles. The Morgan fingerprint density at radius 1 is 1.04 bits per heavy atom. The zero-order valence-electron chi connectivity index (χ0n) is 16.5. The molecule has 0 N–H and O–H groups in total. The Balaban J connectivity index is 1.33. The summed E-state index contributed by atoms with van der Waals surface area (Å²) in [6, 6.07) is 16.6. The summed E-state index contributed by atoms with van der Waals surface area (Å²) in [7, 11) is 1.65. The fourth-order valence-corrected chi connectivity index (χ4v) is 4.17. The van der Waals surface area contributed by atoms with Gasteiger partial charge in [-0.05, 0) is 48.2 Å². The van der Waals surface area contributed by atoms with Crippen molar-refractivity contribution in [1.82, 2.24) is 9.80 Å². The zero-order valence-corrected chi connectivity index (χ0v) is 16.5. The highest BCUT2D eigenvalue weighted by Crippen LogP contribution is 2.25. The molecule has 1 amide bonds. The van der Waals surface area contributed by atoms with Gasteiger partial charge in [-0.25, -0.2) is 0 Å². The van der Waals surface area contributed by atoms with Crippen molar-refractivity contribution in [3.63, 3.8) is 0 Å². The second-order valence-corrected chi connectivity index (χ2v) is 7.55. The highest BCUT2D eigenvalue weighted by molar-refractivity contribution is 5.94. The van der Waals surface area contributed by atoms with Gasteiger partial charge in [0.05, 0.1) is 6.61 Å². The van der Waals surface area contributed by atoms with E-state index < -0.39 is 0 Å². The third kappa shape index (κ3) is 4.21. The molecule has 0 aromatic heterocycles. The third-order valence-electron chi connectivity index (χ3n) is 5.78. The molecule has 148 valence electrons. The molecule has 0 unspecified atom stereocenters. The molecular weight excluding hydrogens is 352 g/mol. The van der Waals surface area contributed by atoms with Crippen molar-refractivity contribution in [2.24, 2.45) is 0 Å². The summed E-state index contributed by atoms with van der Waals surface area (Å²) in [5.74, 6) is 0.878. The molecule has 2 aliphatic rings. The van der Waals surface area contributed by atoms with Crippen molar-refractivity contribution in [1.29, 1.82) is 0 Å². The summed E-state index contributed by atoms with van der Waals surface area (Å²) in [6.45, 7) is 4.78. The van der Waals surface area contributed by atoms with E-state index in [-0.39, 0.29) is 5.91 Å². The van der Waals surface area contributed by atoms with Gasteiger partial charge >= 0.3 is 0 Å². The van der Waals surface area contributed by atoms with Gasteiger partial charge in [-0.1, -0.05) is 24.3 Å². The number of nitrogens with zero attached hydrogens (tertiary/aromatic N) is 2. The number of carbonyl (C=O) groups excluding carboxylic acids is 1. The van der Waals surface area contributed by atoms with Crippen LogP contribution >= 0.6 is 0 Å². The SMILES string of the molecule is COCCOc1ccc(C(=O)N2CC[C@H](N3CCc4ccccc4C3)C2)cc1. The molecular formula is C23H28N2O3. The van der Waals surface area contributed by atoms with Crippen LogP contribution in [0, 0.1) is 0 Å². The Hall–Kier alpha value is -2.37. The number of ether oxygens (including phenoxy) is 2. The molecule has 0 aliphatic carbocycles. The van der Waals surface area contributed by atoms with Gasteiger partial charge in [-0.15, -0.1) is 0 Å². The minimum Gasteiger partial charge on any atom is -0.491 e. The third-order valence-corrected chi connectivity index (χ3v) is 5.78. The predicted molar refractivity (Wildman–Crippen MR) is 109 cm³/mol. The Bertz CT molecular complexity index is 806. The predicted octanol–water partition coefficient (Wildman–Crippen LogP) is 2.98. The van der Waals surface area contributed by atoms with Crippen molar-refractivity contribution in [2.45, 2.75) is 25.4 Å². The number of rotatable bonds is 6. The molecule has 4 rings (SSSR count). The Kier molecular flexibility index (Phi) is 5.93. The van der Waals surface area contributed by atoms with Gasteiger partial charge in [0, 0.05) is 44.9 Å². The molecule has 1 saturated heterocycles. The van der Waals surface area contributed by atoms with E-state index in [2.05, 4.69) is 29.2 Å². The van der Waals surface area contributed by atoms with E-state index in [1.165, 1.54) is 11.1 Å². The molecule has 2 aliphatic heterocycles. The second kappa shape index (κ2) is 8.76. The van der Waals surface area contributed by atoms with Crippen LogP contribution in [0.25, 0.3) is 0 Å². The van der Waals surface area contributed by atoms with Gasteiger partial charge < -0.3 is 14.4 Å². The van der Waals surface area contributed by atoms with Gasteiger partial charge in [0.2, 0.25) is 0 Å². The standard InChI is InChI=1S/C23H28N2O3/c1-27-14-15-28-22-8-6-19(7-9-22)23(26)25-13-11-21(17-25)24-12-10-18-4-2-3-5-20(18)16-24/h2-9,21H,10-17H2,1H3/t21-/m0/s1.